The molecular weight excluding hydrogens is 250 g/mol. The first kappa shape index (κ1) is 14.4. The van der Waals surface area contributed by atoms with Crippen LogP contribution in [0.4, 0.5) is 0 Å². The van der Waals surface area contributed by atoms with E-state index in [9.17, 15) is 9.90 Å². The van der Waals surface area contributed by atoms with Gasteiger partial charge in [-0.05, 0) is 57.9 Å². The highest BCUT2D eigenvalue weighted by atomic mass is 16.4. The number of hydrogen-bond donors (Lipinski definition) is 1. The van der Waals surface area contributed by atoms with E-state index in [2.05, 4.69) is 32.9 Å². The third kappa shape index (κ3) is 2.36. The van der Waals surface area contributed by atoms with Crippen molar-refractivity contribution in [1.29, 1.82) is 0 Å². The SMILES string of the molecule is Cc1cc(C)c(-c2ccc(C(=O)O)n2C(C)C)c(C)c1. The molecule has 0 atom stereocenters. The number of carboxylic acid groups (broad SMARTS) is 1. The van der Waals surface area contributed by atoms with Crippen LogP contribution in [0, 0.1) is 20.8 Å². The summed E-state index contributed by atoms with van der Waals surface area (Å²) >= 11 is 0. The summed E-state index contributed by atoms with van der Waals surface area (Å²) in [6.07, 6.45) is 0. The lowest BCUT2D eigenvalue weighted by Gasteiger charge is -2.19. The van der Waals surface area contributed by atoms with Crippen LogP contribution in [-0.4, -0.2) is 15.6 Å². The van der Waals surface area contributed by atoms with Crippen LogP contribution >= 0.6 is 0 Å². The lowest BCUT2D eigenvalue weighted by atomic mass is 9.97. The van der Waals surface area contributed by atoms with Gasteiger partial charge in [0.2, 0.25) is 0 Å². The summed E-state index contributed by atoms with van der Waals surface area (Å²) in [6.45, 7) is 10.2. The number of aromatic nitrogens is 1. The van der Waals surface area contributed by atoms with Gasteiger partial charge in [-0.1, -0.05) is 17.7 Å². The molecule has 1 aromatic carbocycles. The molecule has 1 N–H and O–H groups in total. The number of benzene rings is 1. The van der Waals surface area contributed by atoms with E-state index < -0.39 is 5.97 Å². The highest BCUT2D eigenvalue weighted by molar-refractivity contribution is 5.88. The Morgan fingerprint density at radius 2 is 1.65 bits per heavy atom. The molecule has 0 aliphatic carbocycles. The molecule has 3 nitrogen and oxygen atoms in total. The van der Waals surface area contributed by atoms with Gasteiger partial charge in [-0.15, -0.1) is 0 Å². The Bertz CT molecular complexity index is 643. The van der Waals surface area contributed by atoms with Gasteiger partial charge in [-0.25, -0.2) is 4.79 Å². The maximum Gasteiger partial charge on any atom is 0.352 e. The number of carbonyl (C=O) groups is 1. The van der Waals surface area contributed by atoms with Crippen LogP contribution in [0.15, 0.2) is 24.3 Å². The molecule has 0 aliphatic heterocycles. The minimum atomic E-state index is -0.882. The van der Waals surface area contributed by atoms with Crippen molar-refractivity contribution < 1.29 is 9.90 Å². The molecule has 2 aromatic rings. The second-order valence-electron chi connectivity index (χ2n) is 5.65. The Kier molecular flexibility index (Phi) is 3.71. The van der Waals surface area contributed by atoms with Crippen LogP contribution in [-0.2, 0) is 0 Å². The van der Waals surface area contributed by atoms with Crippen molar-refractivity contribution in [1.82, 2.24) is 4.57 Å². The highest BCUT2D eigenvalue weighted by Gasteiger charge is 2.19. The number of hydrogen-bond acceptors (Lipinski definition) is 1. The smallest absolute Gasteiger partial charge is 0.352 e. The van der Waals surface area contributed by atoms with E-state index in [4.69, 9.17) is 0 Å². The molecule has 0 unspecified atom stereocenters. The van der Waals surface area contributed by atoms with E-state index in [1.165, 1.54) is 16.7 Å². The molecule has 0 saturated heterocycles. The monoisotopic (exact) mass is 271 g/mol. The van der Waals surface area contributed by atoms with Gasteiger partial charge in [0.1, 0.15) is 5.69 Å². The Hall–Kier alpha value is -2.03. The van der Waals surface area contributed by atoms with Crippen molar-refractivity contribution in [2.75, 3.05) is 0 Å². The number of aromatic carboxylic acids is 1. The van der Waals surface area contributed by atoms with Crippen molar-refractivity contribution in [3.05, 3.63) is 46.6 Å². The summed E-state index contributed by atoms with van der Waals surface area (Å²) < 4.78 is 1.90. The number of carboxylic acids is 1. The summed E-state index contributed by atoms with van der Waals surface area (Å²) in [6, 6.07) is 7.98. The van der Waals surface area contributed by atoms with Gasteiger partial charge in [-0.3, -0.25) is 0 Å². The summed E-state index contributed by atoms with van der Waals surface area (Å²) in [7, 11) is 0. The minimum absolute atomic E-state index is 0.103. The molecule has 1 aromatic heterocycles. The summed E-state index contributed by atoms with van der Waals surface area (Å²) in [5.41, 5.74) is 6.04. The van der Waals surface area contributed by atoms with E-state index in [-0.39, 0.29) is 6.04 Å². The summed E-state index contributed by atoms with van der Waals surface area (Å²) in [5.74, 6) is -0.882. The molecule has 0 spiro atoms. The minimum Gasteiger partial charge on any atom is -0.477 e. The summed E-state index contributed by atoms with van der Waals surface area (Å²) in [4.78, 5) is 11.4. The van der Waals surface area contributed by atoms with Crippen LogP contribution in [0.1, 0.15) is 47.1 Å². The fraction of sp³-hybridized carbons (Fsp3) is 0.353. The van der Waals surface area contributed by atoms with Crippen LogP contribution in [0.25, 0.3) is 11.3 Å². The molecule has 0 bridgehead atoms. The second-order valence-corrected chi connectivity index (χ2v) is 5.65. The number of nitrogens with zero attached hydrogens (tertiary/aromatic N) is 1. The van der Waals surface area contributed by atoms with Gasteiger partial charge in [0.25, 0.3) is 0 Å². The Balaban J connectivity index is 2.74. The zero-order valence-corrected chi connectivity index (χ0v) is 12.7. The molecule has 0 saturated carbocycles. The molecule has 1 heterocycles. The van der Waals surface area contributed by atoms with Gasteiger partial charge >= 0.3 is 5.97 Å². The topological polar surface area (TPSA) is 42.2 Å². The van der Waals surface area contributed by atoms with Gasteiger partial charge in [0.15, 0.2) is 0 Å². The molecular formula is C17H21NO2. The molecule has 0 radical (unpaired) electrons. The predicted molar refractivity (Wildman–Crippen MR) is 81.4 cm³/mol. The zero-order valence-electron chi connectivity index (χ0n) is 12.7. The predicted octanol–water partition coefficient (Wildman–Crippen LogP) is 4.36. The zero-order chi connectivity index (χ0) is 15.0. The third-order valence-electron chi connectivity index (χ3n) is 3.59. The van der Waals surface area contributed by atoms with Gasteiger partial charge in [0, 0.05) is 17.3 Å². The van der Waals surface area contributed by atoms with E-state index in [0.29, 0.717) is 5.69 Å². The van der Waals surface area contributed by atoms with Crippen LogP contribution < -0.4 is 0 Å². The van der Waals surface area contributed by atoms with E-state index in [0.717, 1.165) is 11.3 Å². The molecule has 0 fully saturated rings. The molecule has 0 amide bonds. The standard InChI is InChI=1S/C17H21NO2/c1-10(2)18-14(6-7-15(18)17(19)20)16-12(4)8-11(3)9-13(16)5/h6-10H,1-5H3,(H,19,20). The van der Waals surface area contributed by atoms with Crippen molar-refractivity contribution in [2.24, 2.45) is 0 Å². The molecule has 3 heteroatoms. The Labute approximate surface area is 119 Å². The Morgan fingerprint density at radius 3 is 2.10 bits per heavy atom. The fourth-order valence-electron chi connectivity index (χ4n) is 2.97. The van der Waals surface area contributed by atoms with Gasteiger partial charge < -0.3 is 9.67 Å². The Morgan fingerprint density at radius 1 is 1.10 bits per heavy atom. The first-order chi connectivity index (χ1) is 9.32. The van der Waals surface area contributed by atoms with Crippen molar-refractivity contribution in [3.63, 3.8) is 0 Å². The van der Waals surface area contributed by atoms with Crippen LogP contribution in [0.5, 0.6) is 0 Å². The first-order valence-electron chi connectivity index (χ1n) is 6.85. The largest absolute Gasteiger partial charge is 0.477 e. The average Bonchev–Trinajstić information content (AvgIpc) is 2.72. The fourth-order valence-corrected chi connectivity index (χ4v) is 2.97. The lowest BCUT2D eigenvalue weighted by molar-refractivity contribution is 0.0683. The van der Waals surface area contributed by atoms with Crippen molar-refractivity contribution in [2.45, 2.75) is 40.7 Å². The van der Waals surface area contributed by atoms with Crippen LogP contribution in [0.2, 0.25) is 0 Å². The maximum absolute atomic E-state index is 11.4. The molecule has 2 rings (SSSR count). The summed E-state index contributed by atoms with van der Waals surface area (Å²) in [5, 5.41) is 9.34. The van der Waals surface area contributed by atoms with E-state index in [1.54, 1.807) is 6.07 Å². The third-order valence-corrected chi connectivity index (χ3v) is 3.59. The quantitative estimate of drug-likeness (QED) is 0.901. The molecule has 106 valence electrons. The van der Waals surface area contributed by atoms with E-state index >= 15 is 0 Å². The molecule has 0 aliphatic rings. The normalized spacial score (nSPS) is 11.1. The average molecular weight is 271 g/mol. The second kappa shape index (κ2) is 5.16. The number of rotatable bonds is 3. The maximum atomic E-state index is 11.4. The van der Waals surface area contributed by atoms with Crippen LogP contribution in [0.3, 0.4) is 0 Å². The lowest BCUT2D eigenvalue weighted by Crippen LogP contribution is -2.12. The molecule has 20 heavy (non-hydrogen) atoms. The van der Waals surface area contributed by atoms with Crippen molar-refractivity contribution >= 4 is 5.97 Å². The van der Waals surface area contributed by atoms with Gasteiger partial charge in [0.05, 0.1) is 0 Å². The van der Waals surface area contributed by atoms with E-state index in [1.807, 2.05) is 24.5 Å². The number of aryl methyl sites for hydroxylation is 3. The highest BCUT2D eigenvalue weighted by Crippen LogP contribution is 2.32. The first-order valence-corrected chi connectivity index (χ1v) is 6.85. The van der Waals surface area contributed by atoms with Gasteiger partial charge in [-0.2, -0.15) is 0 Å². The van der Waals surface area contributed by atoms with Crippen molar-refractivity contribution in [3.8, 4) is 11.3 Å².